The maximum atomic E-state index is 13.3. The zero-order valence-electron chi connectivity index (χ0n) is 8.74. The first kappa shape index (κ1) is 11.1. The van der Waals surface area contributed by atoms with E-state index < -0.39 is 11.7 Å². The van der Waals surface area contributed by atoms with Crippen molar-refractivity contribution in [3.63, 3.8) is 0 Å². The molecule has 0 atom stereocenters. The van der Waals surface area contributed by atoms with E-state index in [-0.39, 0.29) is 16.9 Å². The van der Waals surface area contributed by atoms with Gasteiger partial charge in [0.15, 0.2) is 0 Å². The first-order valence-corrected chi connectivity index (χ1v) is 4.92. The predicted octanol–water partition coefficient (Wildman–Crippen LogP) is 1.77. The molecule has 1 heterocycles. The van der Waals surface area contributed by atoms with Crippen molar-refractivity contribution in [3.8, 4) is 0 Å². The van der Waals surface area contributed by atoms with Gasteiger partial charge in [-0.15, -0.1) is 0 Å². The number of carbonyl (C=O) groups excluding carboxylic acids is 1. The van der Waals surface area contributed by atoms with Gasteiger partial charge in [0, 0.05) is 6.07 Å². The number of aromatic amines is 1. The van der Waals surface area contributed by atoms with Crippen LogP contribution in [0.25, 0.3) is 0 Å². The fourth-order valence-corrected chi connectivity index (χ4v) is 1.33. The third kappa shape index (κ3) is 2.57. The largest absolute Gasteiger partial charge is 0.318 e. The van der Waals surface area contributed by atoms with Gasteiger partial charge >= 0.3 is 0 Å². The lowest BCUT2D eigenvalue weighted by Crippen LogP contribution is -2.18. The van der Waals surface area contributed by atoms with Gasteiger partial charge in [-0.3, -0.25) is 9.59 Å². The summed E-state index contributed by atoms with van der Waals surface area (Å²) in [5.74, 6) is -1.09. The molecule has 2 rings (SSSR count). The molecule has 0 aliphatic rings. The number of amides is 1. The number of para-hydroxylation sites is 1. The number of nitrogens with one attached hydrogen (secondary N) is 2. The van der Waals surface area contributed by atoms with Crippen LogP contribution in [0.3, 0.4) is 0 Å². The molecule has 0 saturated carbocycles. The molecule has 0 aliphatic carbocycles. The molecule has 2 aromatic rings. The van der Waals surface area contributed by atoms with E-state index in [4.69, 9.17) is 0 Å². The lowest BCUT2D eigenvalue weighted by molar-refractivity contribution is 0.102. The minimum Gasteiger partial charge on any atom is -0.318 e. The maximum Gasteiger partial charge on any atom is 0.272 e. The van der Waals surface area contributed by atoms with E-state index in [0.29, 0.717) is 0 Å². The monoisotopic (exact) mass is 232 g/mol. The Morgan fingerprint density at radius 1 is 1.12 bits per heavy atom. The van der Waals surface area contributed by atoms with Gasteiger partial charge in [0.05, 0.1) is 5.69 Å². The Kier molecular flexibility index (Phi) is 3.00. The Hall–Kier alpha value is -2.43. The van der Waals surface area contributed by atoms with E-state index in [9.17, 15) is 14.0 Å². The first-order valence-electron chi connectivity index (χ1n) is 4.92. The van der Waals surface area contributed by atoms with Crippen LogP contribution in [0.4, 0.5) is 10.1 Å². The van der Waals surface area contributed by atoms with Crippen molar-refractivity contribution in [1.82, 2.24) is 4.98 Å². The summed E-state index contributed by atoms with van der Waals surface area (Å²) in [6, 6.07) is 9.99. The molecule has 0 spiro atoms. The second-order valence-electron chi connectivity index (χ2n) is 3.36. The molecule has 0 saturated heterocycles. The molecule has 0 bridgehead atoms. The van der Waals surface area contributed by atoms with E-state index in [0.717, 1.165) is 0 Å². The van der Waals surface area contributed by atoms with Crippen LogP contribution in [0.1, 0.15) is 10.5 Å². The van der Waals surface area contributed by atoms with Crippen LogP contribution >= 0.6 is 0 Å². The van der Waals surface area contributed by atoms with E-state index in [2.05, 4.69) is 10.3 Å². The normalized spacial score (nSPS) is 9.94. The highest BCUT2D eigenvalue weighted by Crippen LogP contribution is 2.12. The van der Waals surface area contributed by atoms with Crippen molar-refractivity contribution < 1.29 is 9.18 Å². The second-order valence-corrected chi connectivity index (χ2v) is 3.36. The quantitative estimate of drug-likeness (QED) is 0.828. The van der Waals surface area contributed by atoms with Crippen LogP contribution < -0.4 is 10.9 Å². The summed E-state index contributed by atoms with van der Waals surface area (Å²) < 4.78 is 13.3. The van der Waals surface area contributed by atoms with Crippen LogP contribution in [0.2, 0.25) is 0 Å². The van der Waals surface area contributed by atoms with Crippen molar-refractivity contribution >= 4 is 11.6 Å². The molecule has 2 N–H and O–H groups in total. The van der Waals surface area contributed by atoms with Crippen molar-refractivity contribution in [2.45, 2.75) is 0 Å². The van der Waals surface area contributed by atoms with E-state index in [1.807, 2.05) is 0 Å². The molecular weight excluding hydrogens is 223 g/mol. The van der Waals surface area contributed by atoms with Gasteiger partial charge in [0.25, 0.3) is 5.91 Å². The van der Waals surface area contributed by atoms with Crippen LogP contribution in [0.5, 0.6) is 0 Å². The van der Waals surface area contributed by atoms with Gasteiger partial charge in [-0.25, -0.2) is 4.39 Å². The molecule has 86 valence electrons. The van der Waals surface area contributed by atoms with Gasteiger partial charge in [0.2, 0.25) is 5.56 Å². The summed E-state index contributed by atoms with van der Waals surface area (Å²) in [5.41, 5.74) is -0.228. The number of hydrogen-bond acceptors (Lipinski definition) is 2. The van der Waals surface area contributed by atoms with Crippen LogP contribution in [-0.4, -0.2) is 10.9 Å². The van der Waals surface area contributed by atoms with Gasteiger partial charge in [-0.2, -0.15) is 0 Å². The zero-order chi connectivity index (χ0) is 12.3. The number of benzene rings is 1. The number of halogens is 1. The highest BCUT2D eigenvalue weighted by atomic mass is 19.1. The standard InChI is InChI=1S/C12H9FN2O2/c13-8-4-1-2-5-9(8)15-12(17)10-6-3-7-11(16)14-10/h1-7H,(H,14,16)(H,15,17). The number of rotatable bonds is 2. The van der Waals surface area contributed by atoms with Gasteiger partial charge < -0.3 is 10.3 Å². The SMILES string of the molecule is O=C(Nc1ccccc1F)c1cccc(=O)[nH]1. The van der Waals surface area contributed by atoms with Crippen LogP contribution in [0.15, 0.2) is 47.3 Å². The van der Waals surface area contributed by atoms with E-state index in [1.54, 1.807) is 6.07 Å². The average Bonchev–Trinajstić information content (AvgIpc) is 2.32. The van der Waals surface area contributed by atoms with E-state index in [1.165, 1.54) is 36.4 Å². The Morgan fingerprint density at radius 2 is 1.88 bits per heavy atom. The van der Waals surface area contributed by atoms with Gasteiger partial charge in [-0.05, 0) is 18.2 Å². The maximum absolute atomic E-state index is 13.3. The Labute approximate surface area is 96.1 Å². The summed E-state index contributed by atoms with van der Waals surface area (Å²) in [7, 11) is 0. The fraction of sp³-hybridized carbons (Fsp3) is 0. The molecule has 17 heavy (non-hydrogen) atoms. The Morgan fingerprint density at radius 3 is 2.59 bits per heavy atom. The van der Waals surface area contributed by atoms with Crippen molar-refractivity contribution in [2.75, 3.05) is 5.32 Å². The number of hydrogen-bond donors (Lipinski definition) is 2. The molecule has 0 aliphatic heterocycles. The third-order valence-electron chi connectivity index (χ3n) is 2.14. The first-order chi connectivity index (χ1) is 8.16. The Bertz CT molecular complexity index is 607. The van der Waals surface area contributed by atoms with Gasteiger partial charge in [-0.1, -0.05) is 18.2 Å². The number of H-pyrrole nitrogens is 1. The molecule has 4 nitrogen and oxygen atoms in total. The van der Waals surface area contributed by atoms with Crippen molar-refractivity contribution in [2.24, 2.45) is 0 Å². The molecule has 0 fully saturated rings. The van der Waals surface area contributed by atoms with Crippen molar-refractivity contribution in [3.05, 3.63) is 64.3 Å². The molecular formula is C12H9FN2O2. The smallest absolute Gasteiger partial charge is 0.272 e. The minimum absolute atomic E-state index is 0.0715. The lowest BCUT2D eigenvalue weighted by atomic mass is 10.3. The molecule has 0 unspecified atom stereocenters. The van der Waals surface area contributed by atoms with Crippen LogP contribution in [-0.2, 0) is 0 Å². The molecule has 5 heteroatoms. The highest BCUT2D eigenvalue weighted by molar-refractivity contribution is 6.02. The van der Waals surface area contributed by atoms with Gasteiger partial charge in [0.1, 0.15) is 11.5 Å². The van der Waals surface area contributed by atoms with E-state index >= 15 is 0 Å². The molecule has 1 amide bonds. The summed E-state index contributed by atoms with van der Waals surface area (Å²) in [6.45, 7) is 0. The summed E-state index contributed by atoms with van der Waals surface area (Å²) >= 11 is 0. The number of carbonyl (C=O) groups is 1. The summed E-state index contributed by atoms with van der Waals surface area (Å²) in [6.07, 6.45) is 0. The second kappa shape index (κ2) is 4.61. The average molecular weight is 232 g/mol. The predicted molar refractivity (Wildman–Crippen MR) is 61.4 cm³/mol. The van der Waals surface area contributed by atoms with Crippen molar-refractivity contribution in [1.29, 1.82) is 0 Å². The Balaban J connectivity index is 2.23. The third-order valence-corrected chi connectivity index (χ3v) is 2.14. The highest BCUT2D eigenvalue weighted by Gasteiger charge is 2.08. The molecule has 1 aromatic heterocycles. The molecule has 0 radical (unpaired) electrons. The lowest BCUT2D eigenvalue weighted by Gasteiger charge is -2.05. The molecule has 1 aromatic carbocycles. The summed E-state index contributed by atoms with van der Waals surface area (Å²) in [4.78, 5) is 25.0. The zero-order valence-corrected chi connectivity index (χ0v) is 8.74. The number of aromatic nitrogens is 1. The topological polar surface area (TPSA) is 62.0 Å². The number of anilines is 1. The summed E-state index contributed by atoms with van der Waals surface area (Å²) in [5, 5.41) is 2.37. The fourth-order valence-electron chi connectivity index (χ4n) is 1.33. The minimum atomic E-state index is -0.562. The van der Waals surface area contributed by atoms with Crippen LogP contribution in [0, 0.1) is 5.82 Å². The number of pyridine rings is 1.